The van der Waals surface area contributed by atoms with Crippen molar-refractivity contribution in [3.8, 4) is 0 Å². The van der Waals surface area contributed by atoms with Gasteiger partial charge in [-0.05, 0) is 25.5 Å². The quantitative estimate of drug-likeness (QED) is 0.784. The maximum absolute atomic E-state index is 5.70. The van der Waals surface area contributed by atoms with E-state index in [4.69, 9.17) is 5.73 Å². The van der Waals surface area contributed by atoms with Gasteiger partial charge in [-0.1, -0.05) is 6.42 Å². The van der Waals surface area contributed by atoms with Crippen LogP contribution in [-0.2, 0) is 0 Å². The van der Waals surface area contributed by atoms with Crippen LogP contribution in [0.25, 0.3) is 0 Å². The number of aromatic nitrogens is 3. The zero-order valence-corrected chi connectivity index (χ0v) is 9.18. The predicted molar refractivity (Wildman–Crippen MR) is 58.0 cm³/mol. The highest BCUT2D eigenvalue weighted by molar-refractivity contribution is 7.99. The molecule has 1 aromatic rings. The molecule has 2 atom stereocenters. The number of hydrogen-bond acceptors (Lipinski definition) is 4. The summed E-state index contributed by atoms with van der Waals surface area (Å²) in [5.74, 6) is 2.96. The van der Waals surface area contributed by atoms with Crippen molar-refractivity contribution in [1.82, 2.24) is 15.2 Å². The third-order valence-electron chi connectivity index (χ3n) is 2.41. The van der Waals surface area contributed by atoms with E-state index in [1.54, 1.807) is 0 Å². The molecule has 14 heavy (non-hydrogen) atoms. The third-order valence-corrected chi connectivity index (χ3v) is 3.80. The zero-order chi connectivity index (χ0) is 9.97. The van der Waals surface area contributed by atoms with Crippen molar-refractivity contribution in [2.45, 2.75) is 37.5 Å². The lowest BCUT2D eigenvalue weighted by atomic mass is 10.2. The van der Waals surface area contributed by atoms with Crippen molar-refractivity contribution in [1.29, 1.82) is 0 Å². The molecule has 2 rings (SSSR count). The van der Waals surface area contributed by atoms with Gasteiger partial charge in [0.1, 0.15) is 5.82 Å². The van der Waals surface area contributed by atoms with Crippen LogP contribution in [-0.4, -0.2) is 20.9 Å². The van der Waals surface area contributed by atoms with E-state index in [0.29, 0.717) is 5.25 Å². The molecule has 2 heterocycles. The number of nitrogens with one attached hydrogen (secondary N) is 1. The van der Waals surface area contributed by atoms with Gasteiger partial charge in [0.15, 0.2) is 5.82 Å². The average molecular weight is 212 g/mol. The highest BCUT2D eigenvalue weighted by atomic mass is 32.2. The Kier molecular flexibility index (Phi) is 3.08. The van der Waals surface area contributed by atoms with Crippen molar-refractivity contribution < 1.29 is 0 Å². The van der Waals surface area contributed by atoms with Crippen molar-refractivity contribution in [3.63, 3.8) is 0 Å². The Hall–Kier alpha value is -0.550. The Morgan fingerprint density at radius 2 is 2.43 bits per heavy atom. The van der Waals surface area contributed by atoms with Crippen LogP contribution in [0.15, 0.2) is 0 Å². The molecule has 0 aliphatic carbocycles. The minimum atomic E-state index is -0.0754. The fourth-order valence-corrected chi connectivity index (χ4v) is 2.84. The molecule has 0 aromatic carbocycles. The van der Waals surface area contributed by atoms with Crippen LogP contribution in [0.2, 0.25) is 0 Å². The van der Waals surface area contributed by atoms with Crippen molar-refractivity contribution in [3.05, 3.63) is 11.6 Å². The van der Waals surface area contributed by atoms with Crippen LogP contribution in [0, 0.1) is 0 Å². The summed E-state index contributed by atoms with van der Waals surface area (Å²) in [4.78, 5) is 4.42. The molecule has 2 unspecified atom stereocenters. The summed E-state index contributed by atoms with van der Waals surface area (Å²) in [6, 6.07) is -0.0754. The monoisotopic (exact) mass is 212 g/mol. The van der Waals surface area contributed by atoms with E-state index in [2.05, 4.69) is 15.2 Å². The van der Waals surface area contributed by atoms with Crippen LogP contribution in [0.5, 0.6) is 0 Å². The predicted octanol–water partition coefficient (Wildman–Crippen LogP) is 1.78. The average Bonchev–Trinajstić information content (AvgIpc) is 2.68. The van der Waals surface area contributed by atoms with Gasteiger partial charge < -0.3 is 5.73 Å². The number of nitrogens with zero attached hydrogens (tertiary/aromatic N) is 2. The first kappa shape index (κ1) is 9.98. The first-order valence-electron chi connectivity index (χ1n) is 5.07. The van der Waals surface area contributed by atoms with Crippen LogP contribution in [0.3, 0.4) is 0 Å². The minimum Gasteiger partial charge on any atom is -0.321 e. The highest BCUT2D eigenvalue weighted by Crippen LogP contribution is 2.36. The Labute approximate surface area is 88.1 Å². The van der Waals surface area contributed by atoms with E-state index in [-0.39, 0.29) is 6.04 Å². The lowest BCUT2D eigenvalue weighted by Gasteiger charge is -2.18. The number of H-pyrrole nitrogens is 1. The van der Waals surface area contributed by atoms with Gasteiger partial charge in [0.05, 0.1) is 11.3 Å². The first-order valence-corrected chi connectivity index (χ1v) is 6.11. The molecule has 0 saturated carbocycles. The number of hydrogen-bond donors (Lipinski definition) is 2. The molecule has 0 radical (unpaired) electrons. The summed E-state index contributed by atoms with van der Waals surface area (Å²) in [7, 11) is 0. The maximum atomic E-state index is 5.70. The normalized spacial score (nSPS) is 24.9. The van der Waals surface area contributed by atoms with E-state index >= 15 is 0 Å². The topological polar surface area (TPSA) is 67.6 Å². The summed E-state index contributed by atoms with van der Waals surface area (Å²) in [5, 5.41) is 7.61. The molecule has 4 nitrogen and oxygen atoms in total. The van der Waals surface area contributed by atoms with Gasteiger partial charge in [0, 0.05) is 0 Å². The second-order valence-corrected chi connectivity index (χ2v) is 5.03. The number of thioether (sulfide) groups is 1. The molecule has 0 amide bonds. The van der Waals surface area contributed by atoms with Gasteiger partial charge in [-0.15, -0.1) is 0 Å². The van der Waals surface area contributed by atoms with Gasteiger partial charge in [0.2, 0.25) is 0 Å². The molecule has 0 bridgehead atoms. The Bertz CT molecular complexity index is 291. The number of nitrogens with two attached hydrogens (primary N) is 1. The molecule has 1 aliphatic heterocycles. The van der Waals surface area contributed by atoms with Gasteiger partial charge >= 0.3 is 0 Å². The second-order valence-electron chi connectivity index (χ2n) is 3.72. The van der Waals surface area contributed by atoms with Crippen LogP contribution in [0.4, 0.5) is 0 Å². The first-order chi connectivity index (χ1) is 6.77. The Balaban J connectivity index is 2.07. The van der Waals surface area contributed by atoms with Crippen LogP contribution in [0.1, 0.15) is 49.1 Å². The summed E-state index contributed by atoms with van der Waals surface area (Å²) in [5.41, 5.74) is 5.70. The molecule has 1 fully saturated rings. The molecule has 5 heteroatoms. The summed E-state index contributed by atoms with van der Waals surface area (Å²) in [6.07, 6.45) is 3.83. The van der Waals surface area contributed by atoms with E-state index in [0.717, 1.165) is 11.6 Å². The molecular weight excluding hydrogens is 196 g/mol. The third kappa shape index (κ3) is 2.09. The molecule has 0 spiro atoms. The second kappa shape index (κ2) is 4.31. The van der Waals surface area contributed by atoms with E-state index in [9.17, 15) is 0 Å². The smallest absolute Gasteiger partial charge is 0.167 e. The van der Waals surface area contributed by atoms with E-state index in [1.807, 2.05) is 18.7 Å². The summed E-state index contributed by atoms with van der Waals surface area (Å²) < 4.78 is 0. The van der Waals surface area contributed by atoms with Crippen molar-refractivity contribution in [2.24, 2.45) is 5.73 Å². The van der Waals surface area contributed by atoms with Gasteiger partial charge in [0.25, 0.3) is 0 Å². The van der Waals surface area contributed by atoms with Gasteiger partial charge in [-0.25, -0.2) is 4.98 Å². The van der Waals surface area contributed by atoms with Crippen LogP contribution < -0.4 is 5.73 Å². The largest absolute Gasteiger partial charge is 0.321 e. The zero-order valence-electron chi connectivity index (χ0n) is 8.36. The molecule has 1 saturated heterocycles. The number of aromatic amines is 1. The SMILES string of the molecule is CC(N)c1n[nH]c(C2CCCCS2)n1. The lowest BCUT2D eigenvalue weighted by Crippen LogP contribution is -2.07. The van der Waals surface area contributed by atoms with Gasteiger partial charge in [-0.3, -0.25) is 5.10 Å². The van der Waals surface area contributed by atoms with Crippen molar-refractivity contribution in [2.75, 3.05) is 5.75 Å². The number of rotatable bonds is 2. The van der Waals surface area contributed by atoms with E-state index < -0.39 is 0 Å². The molecule has 1 aliphatic rings. The summed E-state index contributed by atoms with van der Waals surface area (Å²) in [6.45, 7) is 1.90. The van der Waals surface area contributed by atoms with Gasteiger partial charge in [-0.2, -0.15) is 16.9 Å². The lowest BCUT2D eigenvalue weighted by molar-refractivity contribution is 0.663. The molecular formula is C9H16N4S. The highest BCUT2D eigenvalue weighted by Gasteiger charge is 2.20. The standard InChI is InChI=1S/C9H16N4S/c1-6(10)8-11-9(13-12-8)7-4-2-3-5-14-7/h6-7H,2-5,10H2,1H3,(H,11,12,13). The molecule has 1 aromatic heterocycles. The molecule has 3 N–H and O–H groups in total. The fourth-order valence-electron chi connectivity index (χ4n) is 1.59. The van der Waals surface area contributed by atoms with Crippen molar-refractivity contribution >= 4 is 11.8 Å². The van der Waals surface area contributed by atoms with E-state index in [1.165, 1.54) is 25.0 Å². The Morgan fingerprint density at radius 3 is 3.00 bits per heavy atom. The Morgan fingerprint density at radius 1 is 1.57 bits per heavy atom. The maximum Gasteiger partial charge on any atom is 0.167 e. The van der Waals surface area contributed by atoms with Crippen LogP contribution >= 0.6 is 11.8 Å². The minimum absolute atomic E-state index is 0.0754. The molecule has 78 valence electrons. The summed E-state index contributed by atoms with van der Waals surface area (Å²) >= 11 is 1.97. The fraction of sp³-hybridized carbons (Fsp3) is 0.778.